The molecule has 2 fully saturated rings. The number of likely N-dealkylation sites (tertiary alicyclic amines) is 1. The highest BCUT2D eigenvalue weighted by molar-refractivity contribution is 5.97. The molecule has 2 N–H and O–H groups in total. The number of aryl methyl sites for hydroxylation is 1. The minimum atomic E-state index is 0.0848. The van der Waals surface area contributed by atoms with Crippen LogP contribution in [-0.2, 0) is 4.79 Å². The SMILES string of the molecule is Cc1cc(C(=O)N2CCCC2)ccc1NC(=O)C1CCNCC1. The largest absolute Gasteiger partial charge is 0.339 e. The number of hydrogen-bond donors (Lipinski definition) is 2. The molecule has 2 heterocycles. The van der Waals surface area contributed by atoms with Crippen LogP contribution in [0.15, 0.2) is 18.2 Å². The molecule has 0 radical (unpaired) electrons. The van der Waals surface area contributed by atoms with E-state index >= 15 is 0 Å². The first-order valence-electron chi connectivity index (χ1n) is 8.56. The summed E-state index contributed by atoms with van der Waals surface area (Å²) in [4.78, 5) is 26.7. The number of rotatable bonds is 3. The van der Waals surface area contributed by atoms with Gasteiger partial charge in [0.1, 0.15) is 0 Å². The van der Waals surface area contributed by atoms with E-state index in [0.29, 0.717) is 5.56 Å². The summed E-state index contributed by atoms with van der Waals surface area (Å²) in [5.41, 5.74) is 2.47. The number of benzene rings is 1. The van der Waals surface area contributed by atoms with E-state index in [1.807, 2.05) is 30.0 Å². The summed E-state index contributed by atoms with van der Waals surface area (Å²) >= 11 is 0. The van der Waals surface area contributed by atoms with Crippen molar-refractivity contribution >= 4 is 17.5 Å². The van der Waals surface area contributed by atoms with Crippen LogP contribution in [0.4, 0.5) is 5.69 Å². The van der Waals surface area contributed by atoms with E-state index in [1.54, 1.807) is 0 Å². The van der Waals surface area contributed by atoms with E-state index in [9.17, 15) is 9.59 Å². The third-order valence-electron chi connectivity index (χ3n) is 4.83. The van der Waals surface area contributed by atoms with Crippen LogP contribution in [0.1, 0.15) is 41.6 Å². The summed E-state index contributed by atoms with van der Waals surface area (Å²) in [6.45, 7) is 5.46. The summed E-state index contributed by atoms with van der Waals surface area (Å²) in [6, 6.07) is 5.57. The van der Waals surface area contributed by atoms with E-state index in [0.717, 1.165) is 63.1 Å². The maximum atomic E-state index is 12.4. The van der Waals surface area contributed by atoms with E-state index < -0.39 is 0 Å². The second-order valence-corrected chi connectivity index (χ2v) is 6.54. The fraction of sp³-hybridized carbons (Fsp3) is 0.556. The zero-order valence-electron chi connectivity index (χ0n) is 13.7. The molecule has 0 unspecified atom stereocenters. The minimum Gasteiger partial charge on any atom is -0.339 e. The molecule has 1 aromatic carbocycles. The van der Waals surface area contributed by atoms with Gasteiger partial charge in [-0.3, -0.25) is 9.59 Å². The van der Waals surface area contributed by atoms with E-state index in [1.165, 1.54) is 0 Å². The molecule has 5 heteroatoms. The molecule has 2 saturated heterocycles. The lowest BCUT2D eigenvalue weighted by atomic mass is 9.97. The Kier molecular flexibility index (Phi) is 4.96. The standard InChI is InChI=1S/C18H25N3O2/c1-13-12-15(18(23)21-10-2-3-11-21)4-5-16(13)20-17(22)14-6-8-19-9-7-14/h4-5,12,14,19H,2-3,6-11H2,1H3,(H,20,22). The van der Waals surface area contributed by atoms with Gasteiger partial charge in [0.2, 0.25) is 5.91 Å². The third-order valence-corrected chi connectivity index (χ3v) is 4.83. The molecule has 0 aromatic heterocycles. The zero-order valence-corrected chi connectivity index (χ0v) is 13.7. The lowest BCUT2D eigenvalue weighted by molar-refractivity contribution is -0.120. The Morgan fingerprint density at radius 3 is 2.52 bits per heavy atom. The smallest absolute Gasteiger partial charge is 0.253 e. The topological polar surface area (TPSA) is 61.4 Å². The summed E-state index contributed by atoms with van der Waals surface area (Å²) in [7, 11) is 0. The highest BCUT2D eigenvalue weighted by Gasteiger charge is 2.22. The van der Waals surface area contributed by atoms with E-state index in [2.05, 4.69) is 10.6 Å². The molecule has 2 amide bonds. The van der Waals surface area contributed by atoms with Gasteiger partial charge in [0.15, 0.2) is 0 Å². The van der Waals surface area contributed by atoms with Crippen molar-refractivity contribution in [3.63, 3.8) is 0 Å². The molecule has 5 nitrogen and oxygen atoms in total. The summed E-state index contributed by atoms with van der Waals surface area (Å²) < 4.78 is 0. The quantitative estimate of drug-likeness (QED) is 0.898. The fourth-order valence-corrected chi connectivity index (χ4v) is 3.36. The van der Waals surface area contributed by atoms with Crippen LogP contribution in [0.3, 0.4) is 0 Å². The van der Waals surface area contributed by atoms with Crippen molar-refractivity contribution in [2.24, 2.45) is 5.92 Å². The Labute approximate surface area is 137 Å². The first kappa shape index (κ1) is 16.0. The zero-order chi connectivity index (χ0) is 16.2. The molecular formula is C18H25N3O2. The third kappa shape index (κ3) is 3.72. The van der Waals surface area contributed by atoms with Gasteiger partial charge in [0, 0.05) is 30.3 Å². The molecule has 3 rings (SSSR count). The van der Waals surface area contributed by atoms with Gasteiger partial charge >= 0.3 is 0 Å². The van der Waals surface area contributed by atoms with Gasteiger partial charge < -0.3 is 15.5 Å². The van der Waals surface area contributed by atoms with Gasteiger partial charge in [-0.15, -0.1) is 0 Å². The number of nitrogens with zero attached hydrogens (tertiary/aromatic N) is 1. The number of piperidine rings is 1. The number of anilines is 1. The Balaban J connectivity index is 1.66. The number of amides is 2. The summed E-state index contributed by atoms with van der Waals surface area (Å²) in [5, 5.41) is 6.29. The van der Waals surface area contributed by atoms with E-state index in [4.69, 9.17) is 0 Å². The highest BCUT2D eigenvalue weighted by Crippen LogP contribution is 2.21. The molecule has 0 spiro atoms. The van der Waals surface area contributed by atoms with Gasteiger partial charge in [-0.05, 0) is 69.5 Å². The van der Waals surface area contributed by atoms with Crippen molar-refractivity contribution in [1.29, 1.82) is 0 Å². The van der Waals surface area contributed by atoms with Crippen molar-refractivity contribution in [3.05, 3.63) is 29.3 Å². The monoisotopic (exact) mass is 315 g/mol. The second-order valence-electron chi connectivity index (χ2n) is 6.54. The Bertz CT molecular complexity index is 588. The maximum Gasteiger partial charge on any atom is 0.253 e. The lowest BCUT2D eigenvalue weighted by Gasteiger charge is -2.22. The number of nitrogens with one attached hydrogen (secondary N) is 2. The van der Waals surface area contributed by atoms with Gasteiger partial charge in [0.25, 0.3) is 5.91 Å². The minimum absolute atomic E-state index is 0.0848. The first-order chi connectivity index (χ1) is 11.1. The van der Waals surface area contributed by atoms with Crippen molar-refractivity contribution in [2.45, 2.75) is 32.6 Å². The molecule has 0 atom stereocenters. The molecule has 0 saturated carbocycles. The predicted octanol–water partition coefficient (Wildman–Crippen LogP) is 2.17. The van der Waals surface area contributed by atoms with Crippen molar-refractivity contribution in [1.82, 2.24) is 10.2 Å². The first-order valence-corrected chi connectivity index (χ1v) is 8.56. The Morgan fingerprint density at radius 1 is 1.17 bits per heavy atom. The molecular weight excluding hydrogens is 290 g/mol. The molecule has 23 heavy (non-hydrogen) atoms. The van der Waals surface area contributed by atoms with Gasteiger partial charge in [-0.2, -0.15) is 0 Å². The average molecular weight is 315 g/mol. The highest BCUT2D eigenvalue weighted by atomic mass is 16.2. The Morgan fingerprint density at radius 2 is 1.87 bits per heavy atom. The maximum absolute atomic E-state index is 12.4. The van der Waals surface area contributed by atoms with Crippen LogP contribution in [0.2, 0.25) is 0 Å². The number of carbonyl (C=O) groups is 2. The van der Waals surface area contributed by atoms with Gasteiger partial charge in [-0.25, -0.2) is 0 Å². The van der Waals surface area contributed by atoms with Crippen LogP contribution in [0, 0.1) is 12.8 Å². The second kappa shape index (κ2) is 7.13. The molecule has 124 valence electrons. The van der Waals surface area contributed by atoms with Gasteiger partial charge in [-0.1, -0.05) is 0 Å². The van der Waals surface area contributed by atoms with Crippen LogP contribution >= 0.6 is 0 Å². The molecule has 2 aliphatic heterocycles. The van der Waals surface area contributed by atoms with Crippen LogP contribution < -0.4 is 10.6 Å². The molecule has 1 aromatic rings. The lowest BCUT2D eigenvalue weighted by Crippen LogP contribution is -2.34. The molecule has 0 aliphatic carbocycles. The molecule has 2 aliphatic rings. The normalized spacial score (nSPS) is 18.9. The van der Waals surface area contributed by atoms with Gasteiger partial charge in [0.05, 0.1) is 0 Å². The summed E-state index contributed by atoms with van der Waals surface area (Å²) in [5.74, 6) is 0.275. The van der Waals surface area contributed by atoms with Crippen LogP contribution in [0.25, 0.3) is 0 Å². The summed E-state index contributed by atoms with van der Waals surface area (Å²) in [6.07, 6.45) is 3.96. The average Bonchev–Trinajstić information content (AvgIpc) is 3.11. The van der Waals surface area contributed by atoms with Crippen LogP contribution in [0.5, 0.6) is 0 Å². The van der Waals surface area contributed by atoms with Crippen molar-refractivity contribution < 1.29 is 9.59 Å². The fourth-order valence-electron chi connectivity index (χ4n) is 3.36. The van der Waals surface area contributed by atoms with Crippen LogP contribution in [-0.4, -0.2) is 42.9 Å². The number of hydrogen-bond acceptors (Lipinski definition) is 3. The van der Waals surface area contributed by atoms with Crippen molar-refractivity contribution in [3.8, 4) is 0 Å². The Hall–Kier alpha value is -1.88. The van der Waals surface area contributed by atoms with Crippen molar-refractivity contribution in [2.75, 3.05) is 31.5 Å². The van der Waals surface area contributed by atoms with E-state index in [-0.39, 0.29) is 17.7 Å². The number of carbonyl (C=O) groups excluding carboxylic acids is 2. The molecule has 0 bridgehead atoms. The predicted molar refractivity (Wildman–Crippen MR) is 90.5 cm³/mol.